The molecule has 3 rings (SSSR count). The Kier molecular flexibility index (Phi) is 5.58. The number of hydrogen-bond donors (Lipinski definition) is 3. The first-order chi connectivity index (χ1) is 11.7. The average Bonchev–Trinajstić information content (AvgIpc) is 3.07. The lowest BCUT2D eigenvalue weighted by Crippen LogP contribution is -3.29. The summed E-state index contributed by atoms with van der Waals surface area (Å²) in [5.41, 5.74) is 1.28. The molecule has 1 fully saturated rings. The number of carbonyl (C=O) groups excluding carboxylic acids is 1. The molecule has 2 aliphatic rings. The van der Waals surface area contributed by atoms with Crippen molar-refractivity contribution in [3.05, 3.63) is 23.8 Å². The van der Waals surface area contributed by atoms with E-state index < -0.39 is 0 Å². The van der Waals surface area contributed by atoms with Gasteiger partial charge in [0.05, 0.1) is 0 Å². The minimum atomic E-state index is 0.0450. The van der Waals surface area contributed by atoms with E-state index in [1.165, 1.54) is 10.5 Å². The summed E-state index contributed by atoms with van der Waals surface area (Å²) >= 11 is 0. The predicted molar refractivity (Wildman–Crippen MR) is 90.4 cm³/mol. The maximum absolute atomic E-state index is 12.1. The van der Waals surface area contributed by atoms with E-state index in [1.54, 1.807) is 4.90 Å². The molecule has 0 aromatic heterocycles. The fourth-order valence-corrected chi connectivity index (χ4v) is 3.46. The second-order valence-corrected chi connectivity index (χ2v) is 6.79. The molecule has 2 aliphatic heterocycles. The van der Waals surface area contributed by atoms with Crippen LogP contribution in [-0.4, -0.2) is 51.5 Å². The van der Waals surface area contributed by atoms with Gasteiger partial charge in [-0.05, 0) is 31.5 Å². The summed E-state index contributed by atoms with van der Waals surface area (Å²) in [7, 11) is 0. The van der Waals surface area contributed by atoms with Crippen LogP contribution >= 0.6 is 0 Å². The van der Waals surface area contributed by atoms with Gasteiger partial charge in [-0.15, -0.1) is 0 Å². The fraction of sp³-hybridized carbons (Fsp3) is 0.611. The smallest absolute Gasteiger partial charge is 0.278 e. The van der Waals surface area contributed by atoms with Crippen LogP contribution in [0.2, 0.25) is 0 Å². The van der Waals surface area contributed by atoms with Gasteiger partial charge in [0.1, 0.15) is 32.7 Å². The van der Waals surface area contributed by atoms with Crippen molar-refractivity contribution in [2.45, 2.75) is 32.9 Å². The number of ether oxygens (including phenoxy) is 2. The molecule has 2 heterocycles. The number of nitrogens with one attached hydrogen (secondary N) is 3. The van der Waals surface area contributed by atoms with E-state index in [4.69, 9.17) is 9.47 Å². The molecular weight excluding hydrogens is 306 g/mol. The van der Waals surface area contributed by atoms with Crippen LogP contribution in [-0.2, 0) is 11.3 Å². The molecule has 6 nitrogen and oxygen atoms in total. The average molecular weight is 335 g/mol. The van der Waals surface area contributed by atoms with Crippen LogP contribution in [0.15, 0.2) is 18.2 Å². The highest BCUT2D eigenvalue weighted by Gasteiger charge is 2.30. The Bertz CT molecular complexity index is 571. The van der Waals surface area contributed by atoms with E-state index in [0.29, 0.717) is 6.79 Å². The number of amides is 1. The minimum absolute atomic E-state index is 0.0450. The molecule has 132 valence electrons. The molecule has 3 N–H and O–H groups in total. The van der Waals surface area contributed by atoms with E-state index >= 15 is 0 Å². The first-order valence-corrected chi connectivity index (χ1v) is 9.01. The maximum atomic E-state index is 12.1. The largest absolute Gasteiger partial charge is 0.454 e. The maximum Gasteiger partial charge on any atom is 0.278 e. The molecule has 1 aromatic carbocycles. The van der Waals surface area contributed by atoms with Gasteiger partial charge >= 0.3 is 0 Å². The third kappa shape index (κ3) is 3.99. The summed E-state index contributed by atoms with van der Waals surface area (Å²) in [5, 5.41) is 3.01. The van der Waals surface area contributed by atoms with E-state index in [1.807, 2.05) is 13.0 Å². The SMILES string of the molecule is CCCNC(=O)[C@H](C)[NH+]1CC[NH+](Cc2ccc3c(c2)OCO3)CC1. The topological polar surface area (TPSA) is 56.4 Å². The van der Waals surface area contributed by atoms with Crippen LogP contribution in [0.25, 0.3) is 0 Å². The Morgan fingerprint density at radius 2 is 1.96 bits per heavy atom. The van der Waals surface area contributed by atoms with Crippen LogP contribution in [0.4, 0.5) is 0 Å². The Morgan fingerprint density at radius 1 is 1.21 bits per heavy atom. The number of hydrogen-bond acceptors (Lipinski definition) is 3. The third-order valence-corrected chi connectivity index (χ3v) is 5.05. The van der Waals surface area contributed by atoms with Crippen molar-refractivity contribution in [3.8, 4) is 11.5 Å². The van der Waals surface area contributed by atoms with Gasteiger partial charge in [-0.25, -0.2) is 0 Å². The van der Waals surface area contributed by atoms with Gasteiger partial charge in [0, 0.05) is 12.1 Å². The lowest BCUT2D eigenvalue weighted by Gasteiger charge is -2.32. The highest BCUT2D eigenvalue weighted by Crippen LogP contribution is 2.32. The highest BCUT2D eigenvalue weighted by molar-refractivity contribution is 5.79. The molecular formula is C18H29N3O3+2. The molecule has 0 unspecified atom stereocenters. The summed E-state index contributed by atoms with van der Waals surface area (Å²) < 4.78 is 10.8. The summed E-state index contributed by atoms with van der Waals surface area (Å²) in [6.45, 7) is 10.5. The van der Waals surface area contributed by atoms with Gasteiger partial charge < -0.3 is 24.6 Å². The van der Waals surface area contributed by atoms with E-state index in [9.17, 15) is 4.79 Å². The lowest BCUT2D eigenvalue weighted by molar-refractivity contribution is -1.02. The van der Waals surface area contributed by atoms with Crippen molar-refractivity contribution >= 4 is 5.91 Å². The molecule has 0 spiro atoms. The molecule has 1 saturated heterocycles. The van der Waals surface area contributed by atoms with Crippen LogP contribution < -0.4 is 24.6 Å². The number of benzene rings is 1. The van der Waals surface area contributed by atoms with E-state index in [2.05, 4.69) is 24.4 Å². The zero-order valence-electron chi connectivity index (χ0n) is 14.7. The zero-order valence-corrected chi connectivity index (χ0v) is 14.7. The molecule has 1 atom stereocenters. The van der Waals surface area contributed by atoms with Gasteiger partial charge in [0.15, 0.2) is 17.5 Å². The van der Waals surface area contributed by atoms with Crippen molar-refractivity contribution in [3.63, 3.8) is 0 Å². The minimum Gasteiger partial charge on any atom is -0.454 e. The van der Waals surface area contributed by atoms with Crippen LogP contribution in [0, 0.1) is 0 Å². The fourth-order valence-electron chi connectivity index (χ4n) is 3.46. The molecule has 0 saturated carbocycles. The van der Waals surface area contributed by atoms with Gasteiger partial charge in [0.2, 0.25) is 6.79 Å². The second-order valence-electron chi connectivity index (χ2n) is 6.79. The summed E-state index contributed by atoms with van der Waals surface area (Å²) in [4.78, 5) is 15.1. The third-order valence-electron chi connectivity index (χ3n) is 5.05. The normalized spacial score (nSPS) is 23.8. The predicted octanol–water partition coefficient (Wildman–Crippen LogP) is -1.39. The second kappa shape index (κ2) is 7.85. The van der Waals surface area contributed by atoms with Crippen molar-refractivity contribution in [1.29, 1.82) is 0 Å². The Hall–Kier alpha value is -1.79. The van der Waals surface area contributed by atoms with Gasteiger partial charge in [-0.2, -0.15) is 0 Å². The Balaban J connectivity index is 1.47. The Labute approximate surface area is 143 Å². The molecule has 24 heavy (non-hydrogen) atoms. The van der Waals surface area contributed by atoms with E-state index in [0.717, 1.165) is 57.2 Å². The number of fused-ring (bicyclic) bond motifs is 1. The summed E-state index contributed by atoms with van der Waals surface area (Å²) in [5.74, 6) is 1.89. The highest BCUT2D eigenvalue weighted by atomic mass is 16.7. The number of quaternary nitrogens is 2. The van der Waals surface area contributed by atoms with Crippen LogP contribution in [0.5, 0.6) is 11.5 Å². The zero-order chi connectivity index (χ0) is 16.9. The number of piperazine rings is 1. The monoisotopic (exact) mass is 335 g/mol. The molecule has 0 bridgehead atoms. The standard InChI is InChI=1S/C18H27N3O3/c1-3-6-19-18(22)14(2)21-9-7-20(8-10-21)12-15-4-5-16-17(11-15)24-13-23-16/h4-5,11,14H,3,6-10,12-13H2,1-2H3,(H,19,22)/p+2/t14-/m0/s1. The van der Waals surface area contributed by atoms with Crippen molar-refractivity contribution in [1.82, 2.24) is 5.32 Å². The van der Waals surface area contributed by atoms with Gasteiger partial charge in [0.25, 0.3) is 5.91 Å². The molecule has 0 radical (unpaired) electrons. The van der Waals surface area contributed by atoms with Crippen molar-refractivity contribution in [2.24, 2.45) is 0 Å². The molecule has 6 heteroatoms. The lowest BCUT2D eigenvalue weighted by atomic mass is 10.1. The number of rotatable bonds is 6. The summed E-state index contributed by atoms with van der Waals surface area (Å²) in [6, 6.07) is 6.26. The van der Waals surface area contributed by atoms with Crippen molar-refractivity contribution < 1.29 is 24.1 Å². The Morgan fingerprint density at radius 3 is 2.71 bits per heavy atom. The quantitative estimate of drug-likeness (QED) is 0.600. The van der Waals surface area contributed by atoms with Crippen LogP contribution in [0.3, 0.4) is 0 Å². The summed E-state index contributed by atoms with van der Waals surface area (Å²) in [6.07, 6.45) is 0.987. The molecule has 1 aromatic rings. The molecule has 1 amide bonds. The van der Waals surface area contributed by atoms with Crippen LogP contribution in [0.1, 0.15) is 25.8 Å². The van der Waals surface area contributed by atoms with E-state index in [-0.39, 0.29) is 11.9 Å². The van der Waals surface area contributed by atoms with Crippen molar-refractivity contribution in [2.75, 3.05) is 39.5 Å². The number of carbonyl (C=O) groups is 1. The van der Waals surface area contributed by atoms with Gasteiger partial charge in [-0.1, -0.05) is 6.92 Å². The first-order valence-electron chi connectivity index (χ1n) is 9.01. The van der Waals surface area contributed by atoms with Gasteiger partial charge in [-0.3, -0.25) is 4.79 Å². The molecule has 0 aliphatic carbocycles. The first kappa shape index (κ1) is 17.0.